The minimum absolute atomic E-state index is 0.152. The van der Waals surface area contributed by atoms with Gasteiger partial charge in [0.1, 0.15) is 0 Å². The average Bonchev–Trinajstić information content (AvgIpc) is 2.52. The van der Waals surface area contributed by atoms with E-state index in [2.05, 4.69) is 10.6 Å². The monoisotopic (exact) mass is 316 g/mol. The van der Waals surface area contributed by atoms with Gasteiger partial charge in [-0.25, -0.2) is 0 Å². The third kappa shape index (κ3) is 4.33. The van der Waals surface area contributed by atoms with Gasteiger partial charge in [-0.05, 0) is 42.8 Å². The molecule has 0 unspecified atom stereocenters. The van der Waals surface area contributed by atoms with Gasteiger partial charge in [-0.1, -0.05) is 30.7 Å². The number of hydrogen-bond acceptors (Lipinski definition) is 2. The summed E-state index contributed by atoms with van der Waals surface area (Å²) in [4.78, 5) is 24.1. The molecule has 4 nitrogen and oxygen atoms in total. The standard InChI is InChI=1S/C17H17ClN2O2/c1-2-9-19-16(21)13-6-4-8-15(11-13)20-17(22)12-5-3-7-14(18)10-12/h3-8,10-11H,2,9H2,1H3,(H,19,21)(H,20,22). The van der Waals surface area contributed by atoms with Crippen LogP contribution in [-0.2, 0) is 0 Å². The Hall–Kier alpha value is -2.33. The van der Waals surface area contributed by atoms with E-state index in [1.165, 1.54) is 0 Å². The second kappa shape index (κ2) is 7.61. The highest BCUT2D eigenvalue weighted by atomic mass is 35.5. The highest BCUT2D eigenvalue weighted by Gasteiger charge is 2.09. The number of carbonyl (C=O) groups is 2. The summed E-state index contributed by atoms with van der Waals surface area (Å²) in [6.07, 6.45) is 0.872. The molecule has 0 aliphatic rings. The maximum absolute atomic E-state index is 12.1. The Kier molecular flexibility index (Phi) is 5.55. The van der Waals surface area contributed by atoms with Crippen LogP contribution in [0.4, 0.5) is 5.69 Å². The Balaban J connectivity index is 2.10. The van der Waals surface area contributed by atoms with Crippen LogP contribution in [-0.4, -0.2) is 18.4 Å². The molecule has 0 saturated carbocycles. The average molecular weight is 317 g/mol. The van der Waals surface area contributed by atoms with E-state index in [0.717, 1.165) is 6.42 Å². The first kappa shape index (κ1) is 16.0. The molecule has 0 spiro atoms. The number of halogens is 1. The second-order valence-corrected chi connectivity index (χ2v) is 5.24. The molecule has 5 heteroatoms. The molecule has 2 N–H and O–H groups in total. The van der Waals surface area contributed by atoms with Gasteiger partial charge in [-0.2, -0.15) is 0 Å². The summed E-state index contributed by atoms with van der Waals surface area (Å²) >= 11 is 5.87. The molecular weight excluding hydrogens is 300 g/mol. The molecule has 0 radical (unpaired) electrons. The Labute approximate surface area is 134 Å². The van der Waals surface area contributed by atoms with Crippen molar-refractivity contribution < 1.29 is 9.59 Å². The predicted octanol–water partition coefficient (Wildman–Crippen LogP) is 3.73. The normalized spacial score (nSPS) is 10.1. The van der Waals surface area contributed by atoms with Gasteiger partial charge in [-0.3, -0.25) is 9.59 Å². The zero-order valence-corrected chi connectivity index (χ0v) is 13.0. The smallest absolute Gasteiger partial charge is 0.255 e. The SMILES string of the molecule is CCCNC(=O)c1cccc(NC(=O)c2cccc(Cl)c2)c1. The molecule has 0 saturated heterocycles. The molecule has 0 aromatic heterocycles. The number of nitrogens with one attached hydrogen (secondary N) is 2. The van der Waals surface area contributed by atoms with Crippen LogP contribution in [0.5, 0.6) is 0 Å². The molecule has 114 valence electrons. The van der Waals surface area contributed by atoms with Crippen molar-refractivity contribution in [2.75, 3.05) is 11.9 Å². The van der Waals surface area contributed by atoms with Crippen molar-refractivity contribution >= 4 is 29.1 Å². The van der Waals surface area contributed by atoms with Crippen LogP contribution in [0.15, 0.2) is 48.5 Å². The van der Waals surface area contributed by atoms with Gasteiger partial charge >= 0.3 is 0 Å². The van der Waals surface area contributed by atoms with Crippen LogP contribution in [0.1, 0.15) is 34.1 Å². The lowest BCUT2D eigenvalue weighted by Crippen LogP contribution is -2.24. The lowest BCUT2D eigenvalue weighted by atomic mass is 10.1. The summed E-state index contributed by atoms with van der Waals surface area (Å²) in [5.41, 5.74) is 1.54. The summed E-state index contributed by atoms with van der Waals surface area (Å²) < 4.78 is 0. The molecule has 2 rings (SSSR count). The van der Waals surface area contributed by atoms with Gasteiger partial charge in [0.2, 0.25) is 0 Å². The number of rotatable bonds is 5. The molecule has 0 bridgehead atoms. The van der Waals surface area contributed by atoms with Crippen molar-refractivity contribution in [3.05, 3.63) is 64.7 Å². The molecule has 2 aromatic carbocycles. The zero-order valence-electron chi connectivity index (χ0n) is 12.2. The fourth-order valence-electron chi connectivity index (χ4n) is 1.91. The van der Waals surface area contributed by atoms with Gasteiger partial charge in [0.25, 0.3) is 11.8 Å². The molecule has 0 fully saturated rings. The van der Waals surface area contributed by atoms with Crippen LogP contribution >= 0.6 is 11.6 Å². The van der Waals surface area contributed by atoms with E-state index >= 15 is 0 Å². The number of hydrogen-bond donors (Lipinski definition) is 2. The van der Waals surface area contributed by atoms with Crippen molar-refractivity contribution in [2.45, 2.75) is 13.3 Å². The number of benzene rings is 2. The topological polar surface area (TPSA) is 58.2 Å². The fourth-order valence-corrected chi connectivity index (χ4v) is 2.10. The molecule has 0 aliphatic carbocycles. The van der Waals surface area contributed by atoms with E-state index in [0.29, 0.717) is 28.4 Å². The van der Waals surface area contributed by atoms with Crippen LogP contribution < -0.4 is 10.6 Å². The van der Waals surface area contributed by atoms with Crippen molar-refractivity contribution in [3.63, 3.8) is 0 Å². The maximum atomic E-state index is 12.1. The van der Waals surface area contributed by atoms with E-state index in [1.807, 2.05) is 6.92 Å². The Bertz CT molecular complexity index is 686. The predicted molar refractivity (Wildman–Crippen MR) is 88.5 cm³/mol. The number of anilines is 1. The minimum atomic E-state index is -0.270. The first-order valence-corrected chi connectivity index (χ1v) is 7.43. The van der Waals surface area contributed by atoms with Gasteiger partial charge in [0.15, 0.2) is 0 Å². The third-order valence-electron chi connectivity index (χ3n) is 3.00. The van der Waals surface area contributed by atoms with Crippen LogP contribution in [0.25, 0.3) is 0 Å². The van der Waals surface area contributed by atoms with Crippen molar-refractivity contribution in [1.82, 2.24) is 5.32 Å². The summed E-state index contributed by atoms with van der Waals surface area (Å²) in [7, 11) is 0. The summed E-state index contributed by atoms with van der Waals surface area (Å²) in [5.74, 6) is -0.422. The summed E-state index contributed by atoms with van der Waals surface area (Å²) in [6, 6.07) is 13.5. The van der Waals surface area contributed by atoms with E-state index in [4.69, 9.17) is 11.6 Å². The van der Waals surface area contributed by atoms with Crippen LogP contribution in [0.3, 0.4) is 0 Å². The second-order valence-electron chi connectivity index (χ2n) is 4.80. The summed E-state index contributed by atoms with van der Waals surface area (Å²) in [5, 5.41) is 6.06. The maximum Gasteiger partial charge on any atom is 0.255 e. The molecule has 22 heavy (non-hydrogen) atoms. The number of amides is 2. The minimum Gasteiger partial charge on any atom is -0.352 e. The molecule has 2 aromatic rings. The van der Waals surface area contributed by atoms with Gasteiger partial charge in [0.05, 0.1) is 0 Å². The largest absolute Gasteiger partial charge is 0.352 e. The molecule has 2 amide bonds. The Morgan fingerprint density at radius 1 is 1.00 bits per heavy atom. The third-order valence-corrected chi connectivity index (χ3v) is 3.24. The molecule has 0 aliphatic heterocycles. The van der Waals surface area contributed by atoms with Crippen molar-refractivity contribution in [2.24, 2.45) is 0 Å². The highest BCUT2D eigenvalue weighted by Crippen LogP contribution is 2.15. The van der Waals surface area contributed by atoms with E-state index < -0.39 is 0 Å². The molecular formula is C17H17ClN2O2. The highest BCUT2D eigenvalue weighted by molar-refractivity contribution is 6.31. The van der Waals surface area contributed by atoms with Gasteiger partial charge in [-0.15, -0.1) is 0 Å². The zero-order chi connectivity index (χ0) is 15.9. The van der Waals surface area contributed by atoms with Crippen LogP contribution in [0.2, 0.25) is 5.02 Å². The Morgan fingerprint density at radius 3 is 2.36 bits per heavy atom. The van der Waals surface area contributed by atoms with Crippen molar-refractivity contribution in [3.8, 4) is 0 Å². The van der Waals surface area contributed by atoms with Crippen LogP contribution in [0, 0.1) is 0 Å². The first-order chi connectivity index (χ1) is 10.6. The molecule has 0 heterocycles. The van der Waals surface area contributed by atoms with E-state index in [1.54, 1.807) is 48.5 Å². The van der Waals surface area contributed by atoms with E-state index in [-0.39, 0.29) is 11.8 Å². The van der Waals surface area contributed by atoms with Gasteiger partial charge < -0.3 is 10.6 Å². The van der Waals surface area contributed by atoms with Crippen molar-refractivity contribution in [1.29, 1.82) is 0 Å². The lowest BCUT2D eigenvalue weighted by Gasteiger charge is -2.08. The quantitative estimate of drug-likeness (QED) is 0.883. The molecule has 0 atom stereocenters. The van der Waals surface area contributed by atoms with E-state index in [9.17, 15) is 9.59 Å². The first-order valence-electron chi connectivity index (χ1n) is 7.05. The fraction of sp³-hybridized carbons (Fsp3) is 0.176. The Morgan fingerprint density at radius 2 is 1.68 bits per heavy atom. The lowest BCUT2D eigenvalue weighted by molar-refractivity contribution is 0.0952. The van der Waals surface area contributed by atoms with Gasteiger partial charge in [0, 0.05) is 28.4 Å². The summed E-state index contributed by atoms with van der Waals surface area (Å²) in [6.45, 7) is 2.61. The number of carbonyl (C=O) groups excluding carboxylic acids is 2.